The lowest BCUT2D eigenvalue weighted by Gasteiger charge is -2.19. The Morgan fingerprint density at radius 1 is 1.00 bits per heavy atom. The van der Waals surface area contributed by atoms with Crippen LogP contribution in [-0.4, -0.2) is 31.2 Å². The molecule has 0 amide bonds. The number of nitrogens with zero attached hydrogens (tertiary/aromatic N) is 1. The fraction of sp³-hybridized carbons (Fsp3) is 0.526. The van der Waals surface area contributed by atoms with E-state index in [0.29, 0.717) is 6.54 Å². The maximum Gasteiger partial charge on any atom is 0.216 e. The molecule has 138 valence electrons. The van der Waals surface area contributed by atoms with Gasteiger partial charge in [-0.15, -0.1) is 0 Å². The van der Waals surface area contributed by atoms with Gasteiger partial charge in [-0.05, 0) is 51.6 Å². The summed E-state index contributed by atoms with van der Waals surface area (Å²) < 4.78 is 25.8. The molecule has 0 atom stereocenters. The predicted molar refractivity (Wildman–Crippen MR) is 104 cm³/mol. The van der Waals surface area contributed by atoms with E-state index in [1.165, 1.54) is 10.8 Å². The zero-order valence-corrected chi connectivity index (χ0v) is 16.2. The average molecular weight is 364 g/mol. The van der Waals surface area contributed by atoms with Crippen molar-refractivity contribution in [1.29, 1.82) is 0 Å². The highest BCUT2D eigenvalue weighted by Crippen LogP contribution is 2.16. The first-order chi connectivity index (χ1) is 11.8. The Labute approximate surface area is 151 Å². The molecule has 0 aliphatic rings. The number of aromatic nitrogens is 1. The van der Waals surface area contributed by atoms with Crippen LogP contribution in [0.25, 0.3) is 10.8 Å². The lowest BCUT2D eigenvalue weighted by molar-refractivity contribution is 0.537. The van der Waals surface area contributed by atoms with Crippen LogP contribution in [0.4, 0.5) is 0 Å². The summed E-state index contributed by atoms with van der Waals surface area (Å²) in [6, 6.07) is 10.3. The molecule has 0 aliphatic carbocycles. The first-order valence-electron chi connectivity index (χ1n) is 8.84. The van der Waals surface area contributed by atoms with Gasteiger partial charge in [0.1, 0.15) is 0 Å². The summed E-state index contributed by atoms with van der Waals surface area (Å²) in [5.74, 6) is 0. The van der Waals surface area contributed by atoms with Crippen molar-refractivity contribution >= 4 is 20.8 Å². The van der Waals surface area contributed by atoms with Crippen molar-refractivity contribution in [2.75, 3.05) is 13.1 Å². The summed E-state index contributed by atoms with van der Waals surface area (Å²) in [4.78, 5) is 4.46. The number of pyridine rings is 1. The molecule has 6 heteroatoms. The lowest BCUT2D eigenvalue weighted by atomic mass is 10.1. The molecular formula is C19H29N3O2S. The molecule has 2 rings (SSSR count). The van der Waals surface area contributed by atoms with E-state index in [-0.39, 0.29) is 0 Å². The van der Waals surface area contributed by atoms with Crippen LogP contribution < -0.4 is 10.0 Å². The van der Waals surface area contributed by atoms with E-state index in [1.807, 2.05) is 24.4 Å². The van der Waals surface area contributed by atoms with Gasteiger partial charge in [-0.2, -0.15) is 0 Å². The minimum atomic E-state index is -3.23. The van der Waals surface area contributed by atoms with Crippen LogP contribution in [0.1, 0.15) is 45.7 Å². The molecule has 2 aromatic rings. The summed E-state index contributed by atoms with van der Waals surface area (Å²) in [6.45, 7) is 7.28. The second-order valence-electron chi connectivity index (χ2n) is 7.23. The Bertz CT molecular complexity index is 777. The smallest absolute Gasteiger partial charge is 0.216 e. The van der Waals surface area contributed by atoms with Gasteiger partial charge in [-0.1, -0.05) is 30.7 Å². The third-order valence-electron chi connectivity index (χ3n) is 4.18. The largest absolute Gasteiger partial charge is 0.311 e. The van der Waals surface area contributed by atoms with E-state index < -0.39 is 14.8 Å². The highest BCUT2D eigenvalue weighted by molar-refractivity contribution is 7.90. The number of benzene rings is 1. The molecule has 5 nitrogen and oxygen atoms in total. The normalized spacial score (nSPS) is 12.6. The monoisotopic (exact) mass is 363 g/mol. The van der Waals surface area contributed by atoms with Gasteiger partial charge in [0.2, 0.25) is 10.0 Å². The molecule has 25 heavy (non-hydrogen) atoms. The van der Waals surface area contributed by atoms with Gasteiger partial charge in [0.25, 0.3) is 0 Å². The van der Waals surface area contributed by atoms with Gasteiger partial charge in [0, 0.05) is 24.7 Å². The van der Waals surface area contributed by atoms with E-state index in [9.17, 15) is 8.42 Å². The molecule has 1 aromatic heterocycles. The third-order valence-corrected chi connectivity index (χ3v) is 6.37. The molecule has 0 aliphatic heterocycles. The minimum Gasteiger partial charge on any atom is -0.311 e. The van der Waals surface area contributed by atoms with Crippen molar-refractivity contribution < 1.29 is 8.42 Å². The van der Waals surface area contributed by atoms with E-state index in [4.69, 9.17) is 0 Å². The van der Waals surface area contributed by atoms with Gasteiger partial charge >= 0.3 is 0 Å². The molecular weight excluding hydrogens is 334 g/mol. The summed E-state index contributed by atoms with van der Waals surface area (Å²) >= 11 is 0. The highest BCUT2D eigenvalue weighted by Gasteiger charge is 2.27. The number of nitrogens with one attached hydrogen (secondary N) is 2. The standard InChI is InChI=1S/C19H29N3O2S/c1-19(2,3)25(23,24)22-13-8-4-7-12-20-15-18-17-10-6-5-9-16(17)11-14-21-18/h5-6,9-11,14,20,22H,4,7-8,12-13,15H2,1-3H3. The number of rotatable bonds is 9. The zero-order valence-electron chi connectivity index (χ0n) is 15.4. The molecule has 0 saturated heterocycles. The Kier molecular flexibility index (Phi) is 6.93. The summed E-state index contributed by atoms with van der Waals surface area (Å²) in [6.07, 6.45) is 4.70. The molecule has 1 aromatic carbocycles. The van der Waals surface area contributed by atoms with Gasteiger partial charge in [-0.25, -0.2) is 13.1 Å². The second kappa shape index (κ2) is 8.74. The van der Waals surface area contributed by atoms with Gasteiger partial charge in [-0.3, -0.25) is 4.98 Å². The number of sulfonamides is 1. The fourth-order valence-electron chi connectivity index (χ4n) is 2.50. The molecule has 0 saturated carbocycles. The highest BCUT2D eigenvalue weighted by atomic mass is 32.2. The summed E-state index contributed by atoms with van der Waals surface area (Å²) in [5, 5.41) is 5.82. The summed E-state index contributed by atoms with van der Waals surface area (Å²) in [7, 11) is -3.23. The quantitative estimate of drug-likeness (QED) is 0.671. The number of hydrogen-bond donors (Lipinski definition) is 2. The predicted octanol–water partition coefficient (Wildman–Crippen LogP) is 3.21. The number of hydrogen-bond acceptors (Lipinski definition) is 4. The van der Waals surface area contributed by atoms with E-state index in [0.717, 1.165) is 38.0 Å². The molecule has 0 radical (unpaired) electrons. The molecule has 1 heterocycles. The van der Waals surface area contributed by atoms with Gasteiger partial charge in [0.15, 0.2) is 0 Å². The maximum atomic E-state index is 11.9. The lowest BCUT2D eigenvalue weighted by Crippen LogP contribution is -2.39. The Hall–Kier alpha value is -1.50. The van der Waals surface area contributed by atoms with Crippen molar-refractivity contribution in [2.24, 2.45) is 0 Å². The minimum absolute atomic E-state index is 0.504. The van der Waals surface area contributed by atoms with Crippen LogP contribution in [0.5, 0.6) is 0 Å². The van der Waals surface area contributed by atoms with Crippen LogP contribution in [-0.2, 0) is 16.6 Å². The van der Waals surface area contributed by atoms with E-state index in [1.54, 1.807) is 20.8 Å². The third kappa shape index (κ3) is 5.76. The first-order valence-corrected chi connectivity index (χ1v) is 10.3. The Morgan fingerprint density at radius 2 is 1.72 bits per heavy atom. The fourth-order valence-corrected chi connectivity index (χ4v) is 3.35. The molecule has 0 bridgehead atoms. The van der Waals surface area contributed by atoms with Crippen molar-refractivity contribution in [3.63, 3.8) is 0 Å². The van der Waals surface area contributed by atoms with Crippen molar-refractivity contribution in [1.82, 2.24) is 15.0 Å². The van der Waals surface area contributed by atoms with Crippen LogP contribution in [0.15, 0.2) is 36.5 Å². The first kappa shape index (κ1) is 19.8. The number of fused-ring (bicyclic) bond motifs is 1. The van der Waals surface area contributed by atoms with Crippen LogP contribution in [0, 0.1) is 0 Å². The van der Waals surface area contributed by atoms with Gasteiger partial charge in [0.05, 0.1) is 10.4 Å². The van der Waals surface area contributed by atoms with Crippen LogP contribution >= 0.6 is 0 Å². The molecule has 0 unspecified atom stereocenters. The molecule has 2 N–H and O–H groups in total. The number of unbranched alkanes of at least 4 members (excludes halogenated alkanes) is 2. The van der Waals surface area contributed by atoms with Crippen LogP contribution in [0.2, 0.25) is 0 Å². The van der Waals surface area contributed by atoms with Crippen LogP contribution in [0.3, 0.4) is 0 Å². The van der Waals surface area contributed by atoms with E-state index >= 15 is 0 Å². The van der Waals surface area contributed by atoms with Gasteiger partial charge < -0.3 is 5.32 Å². The molecule has 0 spiro atoms. The Balaban J connectivity index is 1.64. The average Bonchev–Trinajstić information content (AvgIpc) is 2.56. The van der Waals surface area contributed by atoms with E-state index in [2.05, 4.69) is 27.2 Å². The topological polar surface area (TPSA) is 71.1 Å². The van der Waals surface area contributed by atoms with Crippen molar-refractivity contribution in [2.45, 2.75) is 51.3 Å². The second-order valence-corrected chi connectivity index (χ2v) is 9.75. The SMILES string of the molecule is CC(C)(C)S(=O)(=O)NCCCCCNCc1nccc2ccccc12. The van der Waals surface area contributed by atoms with Crippen molar-refractivity contribution in [3.8, 4) is 0 Å². The Morgan fingerprint density at radius 3 is 2.48 bits per heavy atom. The zero-order chi connectivity index (χ0) is 18.3. The maximum absolute atomic E-state index is 11.9. The summed E-state index contributed by atoms with van der Waals surface area (Å²) in [5.41, 5.74) is 1.07. The molecule has 0 fully saturated rings. The van der Waals surface area contributed by atoms with Crippen molar-refractivity contribution in [3.05, 3.63) is 42.2 Å².